The number of hydrogen-bond acceptors (Lipinski definition) is 7. The van der Waals surface area contributed by atoms with Crippen molar-refractivity contribution in [1.29, 1.82) is 0 Å². The number of hydrogen-bond donors (Lipinski definition) is 2. The van der Waals surface area contributed by atoms with Crippen molar-refractivity contribution in [2.75, 3.05) is 16.9 Å². The fourth-order valence-corrected chi connectivity index (χ4v) is 4.95. The molecule has 0 saturated carbocycles. The number of carbonyl (C=O) groups is 1. The molecule has 0 spiro atoms. The molecule has 2 aromatic heterocycles. The Labute approximate surface area is 209 Å². The maximum atomic E-state index is 13.2. The first kappa shape index (κ1) is 25.3. The van der Waals surface area contributed by atoms with E-state index >= 15 is 0 Å². The molecular weight excluding hydrogens is 513 g/mol. The number of rotatable bonds is 6. The number of sulfone groups is 1. The Bertz CT molecular complexity index is 1540. The molecule has 0 radical (unpaired) electrons. The number of halogens is 3. The van der Waals surface area contributed by atoms with Gasteiger partial charge in [0.2, 0.25) is 0 Å². The second kappa shape index (κ2) is 9.70. The monoisotopic (exact) mass is 532 g/mol. The molecule has 1 amide bonds. The summed E-state index contributed by atoms with van der Waals surface area (Å²) < 4.78 is 64.4. The zero-order valence-corrected chi connectivity index (χ0v) is 20.6. The van der Waals surface area contributed by atoms with E-state index in [9.17, 15) is 26.4 Å². The molecule has 36 heavy (non-hydrogen) atoms. The Morgan fingerprint density at radius 2 is 1.86 bits per heavy atom. The zero-order chi connectivity index (χ0) is 26.1. The van der Waals surface area contributed by atoms with Gasteiger partial charge in [-0.05, 0) is 55.0 Å². The van der Waals surface area contributed by atoms with Crippen molar-refractivity contribution >= 4 is 43.6 Å². The van der Waals surface area contributed by atoms with Gasteiger partial charge >= 0.3 is 6.18 Å². The lowest BCUT2D eigenvalue weighted by atomic mass is 10.1. The molecule has 4 rings (SSSR count). The second-order valence-electron chi connectivity index (χ2n) is 7.87. The van der Waals surface area contributed by atoms with Crippen molar-refractivity contribution in [2.45, 2.75) is 18.0 Å². The summed E-state index contributed by atoms with van der Waals surface area (Å²) >= 11 is 1.23. The van der Waals surface area contributed by atoms with Crippen LogP contribution in [0.4, 0.5) is 29.7 Å². The number of amides is 1. The third-order valence-electron chi connectivity index (χ3n) is 5.15. The number of anilines is 3. The van der Waals surface area contributed by atoms with E-state index in [1.165, 1.54) is 48.6 Å². The molecule has 0 unspecified atom stereocenters. The molecule has 186 valence electrons. The minimum atomic E-state index is -4.57. The number of nitrogens with zero attached hydrogens (tertiary/aromatic N) is 2. The first-order valence-electron chi connectivity index (χ1n) is 10.4. The predicted molar refractivity (Wildman–Crippen MR) is 132 cm³/mol. The van der Waals surface area contributed by atoms with Gasteiger partial charge in [0.25, 0.3) is 5.91 Å². The molecule has 0 aliphatic heterocycles. The van der Waals surface area contributed by atoms with Crippen LogP contribution in [0.15, 0.2) is 71.2 Å². The smallest absolute Gasteiger partial charge is 0.330 e. The van der Waals surface area contributed by atoms with Crippen LogP contribution in [0.2, 0.25) is 0 Å². The zero-order valence-electron chi connectivity index (χ0n) is 18.9. The molecule has 0 atom stereocenters. The van der Waals surface area contributed by atoms with Gasteiger partial charge in [-0.25, -0.2) is 13.4 Å². The summed E-state index contributed by atoms with van der Waals surface area (Å²) in [6.45, 7) is 1.33. The van der Waals surface area contributed by atoms with E-state index in [4.69, 9.17) is 0 Å². The molecule has 0 fully saturated rings. The molecule has 4 aromatic rings. The number of carbonyl (C=O) groups excluding carboxylic acids is 1. The molecule has 0 aliphatic rings. The maximum absolute atomic E-state index is 13.2. The van der Waals surface area contributed by atoms with Crippen molar-refractivity contribution < 1.29 is 26.4 Å². The van der Waals surface area contributed by atoms with Gasteiger partial charge in [-0.2, -0.15) is 13.2 Å². The summed E-state index contributed by atoms with van der Waals surface area (Å²) in [6, 6.07) is 10.9. The molecule has 0 saturated heterocycles. The number of benzene rings is 2. The van der Waals surface area contributed by atoms with E-state index in [-0.39, 0.29) is 27.4 Å². The summed E-state index contributed by atoms with van der Waals surface area (Å²) in [4.78, 5) is 21.3. The topological polar surface area (TPSA) is 101 Å². The van der Waals surface area contributed by atoms with Crippen molar-refractivity contribution in [3.05, 3.63) is 83.0 Å². The number of thiazole rings is 1. The lowest BCUT2D eigenvalue weighted by Crippen LogP contribution is -2.15. The lowest BCUT2D eigenvalue weighted by molar-refractivity contribution is -0.138. The van der Waals surface area contributed by atoms with Crippen LogP contribution < -0.4 is 10.6 Å². The average Bonchev–Trinajstić information content (AvgIpc) is 3.28. The Morgan fingerprint density at radius 3 is 2.53 bits per heavy atom. The highest BCUT2D eigenvalue weighted by atomic mass is 32.2. The van der Waals surface area contributed by atoms with Crippen LogP contribution in [0.1, 0.15) is 21.5 Å². The number of nitrogens with one attached hydrogen (secondary N) is 2. The van der Waals surface area contributed by atoms with Crippen molar-refractivity contribution in [2.24, 2.45) is 0 Å². The van der Waals surface area contributed by atoms with Gasteiger partial charge in [0, 0.05) is 40.8 Å². The molecule has 2 heterocycles. The largest absolute Gasteiger partial charge is 0.416 e. The Balaban J connectivity index is 1.63. The first-order valence-corrected chi connectivity index (χ1v) is 13.2. The van der Waals surface area contributed by atoms with Gasteiger partial charge in [0.1, 0.15) is 0 Å². The molecule has 2 N–H and O–H groups in total. The number of pyridine rings is 1. The summed E-state index contributed by atoms with van der Waals surface area (Å²) in [5, 5.41) is 7.53. The van der Waals surface area contributed by atoms with E-state index in [2.05, 4.69) is 20.6 Å². The SMILES string of the molecule is Cc1ccc(NC(=O)c2ccc(S(C)(=O)=O)c(Nc3nc(-c4cccnc4)cs3)c2)cc1C(F)(F)F. The number of alkyl halides is 3. The molecule has 0 bridgehead atoms. The molecular formula is C24H19F3N4O3S2. The van der Waals surface area contributed by atoms with Crippen LogP contribution in [0, 0.1) is 6.92 Å². The minimum absolute atomic E-state index is 0.0265. The van der Waals surface area contributed by atoms with E-state index in [0.29, 0.717) is 10.8 Å². The van der Waals surface area contributed by atoms with Gasteiger partial charge in [0.15, 0.2) is 15.0 Å². The van der Waals surface area contributed by atoms with Gasteiger partial charge in [-0.1, -0.05) is 6.07 Å². The summed E-state index contributed by atoms with van der Waals surface area (Å²) in [5.74, 6) is -0.703. The standard InChI is InChI=1S/C24H19F3N4O3S2/c1-14-5-7-17(11-18(14)24(25,26)27)29-22(32)15-6-8-21(36(2,33)34)19(10-15)30-23-31-20(13-35-23)16-4-3-9-28-12-16/h3-13H,1-2H3,(H,29,32)(H,30,31). The summed E-state index contributed by atoms with van der Waals surface area (Å²) in [6.07, 6.45) is -0.270. The predicted octanol–water partition coefficient (Wildman–Crippen LogP) is 5.93. The van der Waals surface area contributed by atoms with Crippen LogP contribution in [0.3, 0.4) is 0 Å². The normalized spacial score (nSPS) is 11.8. The Kier molecular flexibility index (Phi) is 6.83. The summed E-state index contributed by atoms with van der Waals surface area (Å²) in [7, 11) is -3.68. The van der Waals surface area contributed by atoms with E-state index in [1.807, 2.05) is 6.07 Å². The Morgan fingerprint density at radius 1 is 1.08 bits per heavy atom. The van der Waals surface area contributed by atoms with E-state index < -0.39 is 27.5 Å². The average molecular weight is 533 g/mol. The quantitative estimate of drug-likeness (QED) is 0.319. The van der Waals surface area contributed by atoms with Gasteiger partial charge < -0.3 is 10.6 Å². The van der Waals surface area contributed by atoms with Crippen molar-refractivity contribution in [1.82, 2.24) is 9.97 Å². The van der Waals surface area contributed by atoms with Crippen LogP contribution in [0.5, 0.6) is 0 Å². The van der Waals surface area contributed by atoms with Gasteiger partial charge in [0.05, 0.1) is 21.8 Å². The number of aryl methyl sites for hydroxylation is 1. The van der Waals surface area contributed by atoms with Gasteiger partial charge in [-0.3, -0.25) is 9.78 Å². The van der Waals surface area contributed by atoms with Crippen LogP contribution in [-0.2, 0) is 16.0 Å². The lowest BCUT2D eigenvalue weighted by Gasteiger charge is -2.14. The van der Waals surface area contributed by atoms with E-state index in [0.717, 1.165) is 17.9 Å². The fourth-order valence-electron chi connectivity index (χ4n) is 3.39. The highest BCUT2D eigenvalue weighted by molar-refractivity contribution is 7.90. The van der Waals surface area contributed by atoms with Crippen LogP contribution in [-0.4, -0.2) is 30.5 Å². The summed E-state index contributed by atoms with van der Waals surface area (Å²) in [5.41, 5.74) is 0.683. The van der Waals surface area contributed by atoms with Gasteiger partial charge in [-0.15, -0.1) is 11.3 Å². The fraction of sp³-hybridized carbons (Fsp3) is 0.125. The molecule has 12 heteroatoms. The third kappa shape index (κ3) is 5.71. The minimum Gasteiger partial charge on any atom is -0.330 e. The third-order valence-corrected chi connectivity index (χ3v) is 7.06. The first-order chi connectivity index (χ1) is 16.9. The van der Waals surface area contributed by atoms with Crippen molar-refractivity contribution in [3.63, 3.8) is 0 Å². The maximum Gasteiger partial charge on any atom is 0.416 e. The molecule has 7 nitrogen and oxygen atoms in total. The van der Waals surface area contributed by atoms with Crippen LogP contribution in [0.25, 0.3) is 11.3 Å². The number of aromatic nitrogens is 2. The highest BCUT2D eigenvalue weighted by Gasteiger charge is 2.32. The second-order valence-corrected chi connectivity index (χ2v) is 10.7. The Hall–Kier alpha value is -3.77. The van der Waals surface area contributed by atoms with E-state index in [1.54, 1.807) is 23.8 Å². The van der Waals surface area contributed by atoms with Crippen LogP contribution >= 0.6 is 11.3 Å². The van der Waals surface area contributed by atoms with Crippen molar-refractivity contribution in [3.8, 4) is 11.3 Å². The molecule has 0 aliphatic carbocycles. The highest BCUT2D eigenvalue weighted by Crippen LogP contribution is 2.34. The molecule has 2 aromatic carbocycles.